The number of ether oxygens (including phenoxy) is 2. The largest absolute Gasteiger partial charge is 0.498 e. The quantitative estimate of drug-likeness (QED) is 0.561. The summed E-state index contributed by atoms with van der Waals surface area (Å²) in [6.07, 6.45) is 0. The normalized spacial score (nSPS) is 19.3. The summed E-state index contributed by atoms with van der Waals surface area (Å²) in [5, 5.41) is 0. The van der Waals surface area contributed by atoms with Crippen LogP contribution >= 0.6 is 0 Å². The summed E-state index contributed by atoms with van der Waals surface area (Å²) in [7, 11) is 1.17. The Morgan fingerprint density at radius 3 is 2.08 bits per heavy atom. The van der Waals surface area contributed by atoms with Crippen LogP contribution in [0.2, 0.25) is 0 Å². The summed E-state index contributed by atoms with van der Waals surface area (Å²) in [6.45, 7) is 19.5. The molecule has 2 rings (SSSR count). The average Bonchev–Trinajstić information content (AvgIpc) is 2.73. The molecule has 1 aromatic carbocycles. The average molecular weight is 362 g/mol. The second kappa shape index (κ2) is 7.18. The van der Waals surface area contributed by atoms with Gasteiger partial charge in [0, 0.05) is 18.1 Å². The van der Waals surface area contributed by atoms with E-state index in [1.54, 1.807) is 7.11 Å². The van der Waals surface area contributed by atoms with Crippen molar-refractivity contribution in [3.05, 3.63) is 23.3 Å². The summed E-state index contributed by atoms with van der Waals surface area (Å²) < 4.78 is 23.9. The number of hydrogen-bond donors (Lipinski definition) is 0. The minimum atomic E-state index is -0.464. The lowest BCUT2D eigenvalue weighted by Crippen LogP contribution is -2.41. The van der Waals surface area contributed by atoms with E-state index in [0.717, 1.165) is 16.8 Å². The highest BCUT2D eigenvalue weighted by molar-refractivity contribution is 6.63. The summed E-state index contributed by atoms with van der Waals surface area (Å²) in [5.41, 5.74) is 2.41. The van der Waals surface area contributed by atoms with Crippen LogP contribution in [0.1, 0.15) is 66.5 Å². The first-order valence-electron chi connectivity index (χ1n) is 9.46. The molecule has 1 aliphatic rings. The SMILES string of the molecule is COCOc1c(B2OC(C)(C)C(C)(C)O2)cc(C)cc1C(C)(C)C(C)C. The van der Waals surface area contributed by atoms with Gasteiger partial charge in [-0.15, -0.1) is 0 Å². The molecule has 26 heavy (non-hydrogen) atoms. The van der Waals surface area contributed by atoms with Crippen molar-refractivity contribution in [2.75, 3.05) is 13.9 Å². The molecule has 0 saturated carbocycles. The fourth-order valence-corrected chi connectivity index (χ4v) is 3.01. The molecular weight excluding hydrogens is 327 g/mol. The van der Waals surface area contributed by atoms with Crippen molar-refractivity contribution in [3.63, 3.8) is 0 Å². The second-order valence-corrected chi connectivity index (χ2v) is 9.25. The van der Waals surface area contributed by atoms with E-state index in [1.165, 1.54) is 5.56 Å². The highest BCUT2D eigenvalue weighted by Crippen LogP contribution is 2.41. The van der Waals surface area contributed by atoms with Gasteiger partial charge in [0.05, 0.1) is 11.2 Å². The standard InChI is InChI=1S/C21H35BO4/c1-14(2)19(4,5)16-11-15(3)12-17(18(16)24-13-23-10)22-25-20(6,7)21(8,9)26-22/h11-12,14H,13H2,1-10H3. The Bertz CT molecular complexity index is 634. The predicted octanol–water partition coefficient (Wildman–Crippen LogP) is 4.21. The van der Waals surface area contributed by atoms with Crippen molar-refractivity contribution in [1.82, 2.24) is 0 Å². The topological polar surface area (TPSA) is 36.9 Å². The van der Waals surface area contributed by atoms with E-state index >= 15 is 0 Å². The number of rotatable bonds is 6. The van der Waals surface area contributed by atoms with Crippen LogP contribution in [0, 0.1) is 12.8 Å². The van der Waals surface area contributed by atoms with Crippen molar-refractivity contribution < 1.29 is 18.8 Å². The number of hydrogen-bond acceptors (Lipinski definition) is 4. The van der Waals surface area contributed by atoms with Crippen molar-refractivity contribution in [2.45, 2.75) is 78.9 Å². The molecule has 0 aliphatic carbocycles. The molecule has 1 aromatic rings. The third-order valence-corrected chi connectivity index (χ3v) is 6.23. The first-order valence-corrected chi connectivity index (χ1v) is 9.46. The molecule has 0 aromatic heterocycles. The van der Waals surface area contributed by atoms with Crippen LogP contribution < -0.4 is 10.2 Å². The Hall–Kier alpha value is -1.04. The van der Waals surface area contributed by atoms with Crippen LogP contribution in [-0.4, -0.2) is 32.2 Å². The summed E-state index contributed by atoms with van der Waals surface area (Å²) >= 11 is 0. The van der Waals surface area contributed by atoms with E-state index in [-0.39, 0.29) is 12.2 Å². The van der Waals surface area contributed by atoms with E-state index < -0.39 is 18.3 Å². The number of aryl methyl sites for hydroxylation is 1. The molecule has 5 heteroatoms. The van der Waals surface area contributed by atoms with E-state index in [9.17, 15) is 0 Å². The van der Waals surface area contributed by atoms with Gasteiger partial charge in [0.15, 0.2) is 6.79 Å². The third kappa shape index (κ3) is 3.80. The lowest BCUT2D eigenvalue weighted by atomic mass is 9.69. The van der Waals surface area contributed by atoms with Gasteiger partial charge in [0.2, 0.25) is 0 Å². The Morgan fingerprint density at radius 2 is 1.62 bits per heavy atom. The van der Waals surface area contributed by atoms with Crippen LogP contribution in [-0.2, 0) is 19.5 Å². The highest BCUT2D eigenvalue weighted by Gasteiger charge is 2.53. The molecule has 1 aliphatic heterocycles. The first kappa shape index (κ1) is 21.3. The Balaban J connectivity index is 2.61. The molecule has 0 unspecified atom stereocenters. The molecule has 1 fully saturated rings. The van der Waals surface area contributed by atoms with E-state index in [2.05, 4.69) is 74.4 Å². The van der Waals surface area contributed by atoms with Crippen LogP contribution in [0.3, 0.4) is 0 Å². The van der Waals surface area contributed by atoms with Gasteiger partial charge in [-0.3, -0.25) is 0 Å². The van der Waals surface area contributed by atoms with Gasteiger partial charge >= 0.3 is 7.12 Å². The summed E-state index contributed by atoms with van der Waals surface area (Å²) in [5.74, 6) is 1.26. The van der Waals surface area contributed by atoms with Crippen LogP contribution in [0.15, 0.2) is 12.1 Å². The van der Waals surface area contributed by atoms with Crippen LogP contribution in [0.25, 0.3) is 0 Å². The van der Waals surface area contributed by atoms with Gasteiger partial charge in [0.1, 0.15) is 5.75 Å². The fourth-order valence-electron chi connectivity index (χ4n) is 3.01. The molecule has 1 saturated heterocycles. The van der Waals surface area contributed by atoms with Gasteiger partial charge in [-0.05, 0) is 46.0 Å². The molecule has 0 bridgehead atoms. The Kier molecular flexibility index (Phi) is 5.87. The minimum absolute atomic E-state index is 0.0620. The van der Waals surface area contributed by atoms with E-state index in [1.807, 2.05) is 0 Å². The zero-order chi connectivity index (χ0) is 19.9. The van der Waals surface area contributed by atoms with Crippen molar-refractivity contribution in [1.29, 1.82) is 0 Å². The maximum Gasteiger partial charge on any atom is 0.498 e. The van der Waals surface area contributed by atoms with Crippen molar-refractivity contribution >= 4 is 12.6 Å². The molecule has 1 heterocycles. The van der Waals surface area contributed by atoms with E-state index in [4.69, 9.17) is 18.8 Å². The molecule has 0 amide bonds. The molecule has 0 radical (unpaired) electrons. The predicted molar refractivity (Wildman–Crippen MR) is 107 cm³/mol. The van der Waals surface area contributed by atoms with Gasteiger partial charge in [-0.1, -0.05) is 45.4 Å². The maximum atomic E-state index is 6.31. The minimum Gasteiger partial charge on any atom is -0.468 e. The van der Waals surface area contributed by atoms with Gasteiger partial charge < -0.3 is 18.8 Å². The highest BCUT2D eigenvalue weighted by atomic mass is 16.7. The molecule has 0 spiro atoms. The zero-order valence-corrected chi connectivity index (χ0v) is 18.1. The van der Waals surface area contributed by atoms with Gasteiger partial charge in [0.25, 0.3) is 0 Å². The Labute approximate surface area is 159 Å². The van der Waals surface area contributed by atoms with Gasteiger partial charge in [-0.2, -0.15) is 0 Å². The number of benzene rings is 1. The van der Waals surface area contributed by atoms with Crippen LogP contribution in [0.4, 0.5) is 0 Å². The lowest BCUT2D eigenvalue weighted by Gasteiger charge is -2.33. The molecule has 0 atom stereocenters. The number of methoxy groups -OCH3 is 1. The lowest BCUT2D eigenvalue weighted by molar-refractivity contribution is 0.00578. The molecule has 4 nitrogen and oxygen atoms in total. The maximum absolute atomic E-state index is 6.31. The zero-order valence-electron chi connectivity index (χ0n) is 18.1. The summed E-state index contributed by atoms with van der Waals surface area (Å²) in [6, 6.07) is 4.31. The smallest absolute Gasteiger partial charge is 0.468 e. The third-order valence-electron chi connectivity index (χ3n) is 6.23. The summed E-state index contributed by atoms with van der Waals surface area (Å²) in [4.78, 5) is 0. The first-order chi connectivity index (χ1) is 11.8. The van der Waals surface area contributed by atoms with Crippen LogP contribution in [0.5, 0.6) is 5.75 Å². The molecule has 0 N–H and O–H groups in total. The fraction of sp³-hybridized carbons (Fsp3) is 0.714. The second-order valence-electron chi connectivity index (χ2n) is 9.25. The molecule has 146 valence electrons. The van der Waals surface area contributed by atoms with E-state index in [0.29, 0.717) is 5.92 Å². The van der Waals surface area contributed by atoms with Gasteiger partial charge in [-0.25, -0.2) is 0 Å². The Morgan fingerprint density at radius 1 is 1.08 bits per heavy atom. The van der Waals surface area contributed by atoms with Crippen molar-refractivity contribution in [2.24, 2.45) is 5.92 Å². The monoisotopic (exact) mass is 362 g/mol. The van der Waals surface area contributed by atoms with Crippen molar-refractivity contribution in [3.8, 4) is 5.75 Å². The molecular formula is C21H35BO4.